The molecule has 160 valence electrons. The van der Waals surface area contributed by atoms with Gasteiger partial charge in [0.1, 0.15) is 11.1 Å². The van der Waals surface area contributed by atoms with Gasteiger partial charge in [-0.25, -0.2) is 9.18 Å². The number of rotatable bonds is 7. The van der Waals surface area contributed by atoms with Crippen molar-refractivity contribution in [2.24, 2.45) is 0 Å². The third kappa shape index (κ3) is 4.77. The summed E-state index contributed by atoms with van der Waals surface area (Å²) in [6.45, 7) is 2.18. The van der Waals surface area contributed by atoms with Gasteiger partial charge in [0, 0.05) is 12.6 Å². The van der Waals surface area contributed by atoms with Crippen molar-refractivity contribution in [2.45, 2.75) is 36.2 Å². The molecule has 31 heavy (non-hydrogen) atoms. The monoisotopic (exact) mass is 439 g/mol. The minimum absolute atomic E-state index is 0.162. The molecule has 1 atom stereocenters. The minimum Gasteiger partial charge on any atom is -0.338 e. The second kappa shape index (κ2) is 9.30. The van der Waals surface area contributed by atoms with Crippen LogP contribution in [0.4, 0.5) is 9.18 Å². The van der Waals surface area contributed by atoms with Crippen molar-refractivity contribution in [3.63, 3.8) is 0 Å². The fourth-order valence-electron chi connectivity index (χ4n) is 3.23. The van der Waals surface area contributed by atoms with E-state index in [2.05, 4.69) is 20.8 Å². The average molecular weight is 440 g/mol. The summed E-state index contributed by atoms with van der Waals surface area (Å²) in [5, 5.41) is 13.3. The van der Waals surface area contributed by atoms with Crippen LogP contribution in [-0.4, -0.2) is 33.2 Å². The van der Waals surface area contributed by atoms with E-state index in [1.807, 2.05) is 34.9 Å². The molecule has 3 amide bonds. The topological polar surface area (TPSA) is 88.9 Å². The zero-order valence-corrected chi connectivity index (χ0v) is 17.7. The van der Waals surface area contributed by atoms with Crippen LogP contribution in [0.25, 0.3) is 11.4 Å². The number of nitrogens with zero attached hydrogens (tertiary/aromatic N) is 3. The number of halogens is 1. The van der Waals surface area contributed by atoms with Crippen LogP contribution < -0.4 is 10.6 Å². The number of nitrogens with one attached hydrogen (secondary N) is 2. The van der Waals surface area contributed by atoms with Crippen molar-refractivity contribution in [2.75, 3.05) is 6.54 Å². The van der Waals surface area contributed by atoms with Gasteiger partial charge in [-0.1, -0.05) is 54.2 Å². The highest BCUT2D eigenvalue weighted by molar-refractivity contribution is 8.00. The second-order valence-electron chi connectivity index (χ2n) is 7.14. The highest BCUT2D eigenvalue weighted by atomic mass is 32.2. The molecule has 4 rings (SSSR count). The zero-order valence-electron chi connectivity index (χ0n) is 16.9. The first-order valence-corrected chi connectivity index (χ1v) is 11.0. The van der Waals surface area contributed by atoms with Crippen molar-refractivity contribution in [1.82, 2.24) is 25.4 Å². The number of carbonyl (C=O) groups excluding carboxylic acids is 2. The molecule has 1 saturated carbocycles. The summed E-state index contributed by atoms with van der Waals surface area (Å²) in [6.07, 6.45) is 1.88. The lowest BCUT2D eigenvalue weighted by molar-refractivity contribution is -0.119. The van der Waals surface area contributed by atoms with E-state index in [4.69, 9.17) is 0 Å². The zero-order chi connectivity index (χ0) is 21.8. The molecule has 0 unspecified atom stereocenters. The molecule has 7 nitrogen and oxygen atoms in total. The van der Waals surface area contributed by atoms with Crippen LogP contribution in [0.1, 0.15) is 36.6 Å². The van der Waals surface area contributed by atoms with Gasteiger partial charge in [0.25, 0.3) is 0 Å². The number of urea groups is 1. The van der Waals surface area contributed by atoms with Crippen LogP contribution in [0.3, 0.4) is 0 Å². The van der Waals surface area contributed by atoms with E-state index in [-0.39, 0.29) is 11.9 Å². The Balaban J connectivity index is 1.68. The van der Waals surface area contributed by atoms with Gasteiger partial charge in [-0.05, 0) is 37.5 Å². The van der Waals surface area contributed by atoms with E-state index in [1.165, 1.54) is 17.8 Å². The Labute approximate surface area is 183 Å². The quantitative estimate of drug-likeness (QED) is 0.541. The molecular formula is C22H22FN5O2S. The number of thioether (sulfide) groups is 1. The molecule has 3 aromatic rings. The SMILES string of the molecule is CCNC(=O)NC(=O)[C@@H](Sc1nnc(-c2ccccc2F)n1C1CC1)c1ccccc1. The third-order valence-corrected chi connectivity index (χ3v) is 6.04. The van der Waals surface area contributed by atoms with Gasteiger partial charge < -0.3 is 5.32 Å². The number of imide groups is 1. The van der Waals surface area contributed by atoms with Crippen molar-refractivity contribution in [1.29, 1.82) is 0 Å². The predicted octanol–water partition coefficient (Wildman–Crippen LogP) is 4.10. The maximum atomic E-state index is 14.4. The van der Waals surface area contributed by atoms with Gasteiger partial charge in [-0.3, -0.25) is 14.7 Å². The number of aromatic nitrogens is 3. The molecule has 0 radical (unpaired) electrons. The van der Waals surface area contributed by atoms with E-state index in [0.29, 0.717) is 23.1 Å². The number of amides is 3. The summed E-state index contributed by atoms with van der Waals surface area (Å²) < 4.78 is 16.3. The molecule has 9 heteroatoms. The first kappa shape index (κ1) is 21.0. The Morgan fingerprint density at radius 1 is 1.13 bits per heavy atom. The second-order valence-corrected chi connectivity index (χ2v) is 8.22. The summed E-state index contributed by atoms with van der Waals surface area (Å²) in [5.41, 5.74) is 1.10. The van der Waals surface area contributed by atoms with Crippen LogP contribution in [0.5, 0.6) is 0 Å². The first-order valence-electron chi connectivity index (χ1n) is 10.1. The summed E-state index contributed by atoms with van der Waals surface area (Å²) in [7, 11) is 0. The molecule has 1 fully saturated rings. The highest BCUT2D eigenvalue weighted by Crippen LogP contribution is 2.44. The number of benzene rings is 2. The predicted molar refractivity (Wildman–Crippen MR) is 116 cm³/mol. The van der Waals surface area contributed by atoms with Gasteiger partial charge >= 0.3 is 6.03 Å². The molecular weight excluding hydrogens is 417 g/mol. The lowest BCUT2D eigenvalue weighted by Gasteiger charge is -2.17. The normalized spacial score (nSPS) is 14.1. The van der Waals surface area contributed by atoms with E-state index in [9.17, 15) is 14.0 Å². The molecule has 1 aromatic heterocycles. The maximum absolute atomic E-state index is 14.4. The molecule has 1 aliphatic rings. The molecule has 1 aliphatic carbocycles. The fraction of sp³-hybridized carbons (Fsp3) is 0.273. The van der Waals surface area contributed by atoms with E-state index in [0.717, 1.165) is 18.4 Å². The van der Waals surface area contributed by atoms with E-state index in [1.54, 1.807) is 25.1 Å². The summed E-state index contributed by atoms with van der Waals surface area (Å²) >= 11 is 1.20. The number of carbonyl (C=O) groups is 2. The average Bonchev–Trinajstić information content (AvgIpc) is 3.52. The van der Waals surface area contributed by atoms with Crippen LogP contribution in [0.2, 0.25) is 0 Å². The first-order chi connectivity index (χ1) is 15.1. The molecule has 2 aromatic carbocycles. The van der Waals surface area contributed by atoms with E-state index >= 15 is 0 Å². The van der Waals surface area contributed by atoms with Gasteiger partial charge in [0.05, 0.1) is 5.56 Å². The number of hydrogen-bond donors (Lipinski definition) is 2. The Bertz CT molecular complexity index is 1080. The lowest BCUT2D eigenvalue weighted by Crippen LogP contribution is -2.41. The summed E-state index contributed by atoms with van der Waals surface area (Å²) in [4.78, 5) is 24.9. The summed E-state index contributed by atoms with van der Waals surface area (Å²) in [6, 6.07) is 15.2. The molecule has 1 heterocycles. The van der Waals surface area contributed by atoms with Gasteiger partial charge in [-0.2, -0.15) is 0 Å². The third-order valence-electron chi connectivity index (χ3n) is 4.83. The number of hydrogen-bond acceptors (Lipinski definition) is 5. The standard InChI is InChI=1S/C22H22FN5O2S/c1-2-24-21(30)25-20(29)18(14-8-4-3-5-9-14)31-22-27-26-19(28(22)15-12-13-15)16-10-6-7-11-17(16)23/h3-11,15,18H,2,12-13H2,1H3,(H2,24,25,29,30)/t18-/m0/s1. The van der Waals surface area contributed by atoms with Crippen LogP contribution in [-0.2, 0) is 4.79 Å². The van der Waals surface area contributed by atoms with Crippen molar-refractivity contribution >= 4 is 23.7 Å². The summed E-state index contributed by atoms with van der Waals surface area (Å²) in [5.74, 6) is -0.388. The Kier molecular flexibility index (Phi) is 6.31. The Morgan fingerprint density at radius 2 is 1.84 bits per heavy atom. The maximum Gasteiger partial charge on any atom is 0.321 e. The molecule has 0 bridgehead atoms. The Morgan fingerprint density at radius 3 is 2.52 bits per heavy atom. The van der Waals surface area contributed by atoms with Crippen LogP contribution in [0, 0.1) is 5.82 Å². The highest BCUT2D eigenvalue weighted by Gasteiger charge is 2.33. The van der Waals surface area contributed by atoms with Gasteiger partial charge in [0.2, 0.25) is 5.91 Å². The molecule has 0 aliphatic heterocycles. The van der Waals surface area contributed by atoms with Crippen molar-refractivity contribution in [3.05, 3.63) is 66.0 Å². The molecule has 0 spiro atoms. The van der Waals surface area contributed by atoms with Crippen molar-refractivity contribution in [3.8, 4) is 11.4 Å². The smallest absolute Gasteiger partial charge is 0.321 e. The van der Waals surface area contributed by atoms with Crippen LogP contribution in [0.15, 0.2) is 59.8 Å². The largest absolute Gasteiger partial charge is 0.338 e. The van der Waals surface area contributed by atoms with Gasteiger partial charge in [0.15, 0.2) is 11.0 Å². The Hall–Kier alpha value is -3.20. The van der Waals surface area contributed by atoms with Crippen molar-refractivity contribution < 1.29 is 14.0 Å². The molecule has 0 saturated heterocycles. The van der Waals surface area contributed by atoms with Crippen LogP contribution >= 0.6 is 11.8 Å². The molecule has 2 N–H and O–H groups in total. The minimum atomic E-state index is -0.723. The fourth-order valence-corrected chi connectivity index (χ4v) is 4.34. The lowest BCUT2D eigenvalue weighted by atomic mass is 10.1. The van der Waals surface area contributed by atoms with Gasteiger partial charge in [-0.15, -0.1) is 10.2 Å². The van der Waals surface area contributed by atoms with E-state index < -0.39 is 17.2 Å².